The summed E-state index contributed by atoms with van der Waals surface area (Å²) in [5.74, 6) is 0.758. The van der Waals surface area contributed by atoms with Crippen LogP contribution < -0.4 is 5.73 Å². The Balaban J connectivity index is 2.51. The van der Waals surface area contributed by atoms with E-state index < -0.39 is 5.54 Å². The first-order valence-electron chi connectivity index (χ1n) is 4.84. The molecule has 1 aromatic heterocycles. The average Bonchev–Trinajstić information content (AvgIpc) is 2.67. The van der Waals surface area contributed by atoms with Gasteiger partial charge in [0.2, 0.25) is 0 Å². The third-order valence-electron chi connectivity index (χ3n) is 2.16. The van der Waals surface area contributed by atoms with E-state index in [1.165, 1.54) is 0 Å². The molecule has 0 atom stereocenters. The molecule has 15 heavy (non-hydrogen) atoms. The van der Waals surface area contributed by atoms with Gasteiger partial charge in [-0.1, -0.05) is 18.2 Å². The van der Waals surface area contributed by atoms with Crippen molar-refractivity contribution in [3.63, 3.8) is 0 Å². The van der Waals surface area contributed by atoms with Crippen molar-refractivity contribution in [2.45, 2.75) is 19.4 Å². The number of hydrogen-bond donors (Lipinski definition) is 1. The molecule has 2 aromatic rings. The van der Waals surface area contributed by atoms with Crippen LogP contribution in [0.5, 0.6) is 0 Å². The molecular formula is C11H14N4. The fraction of sp³-hybridized carbons (Fsp3) is 0.273. The molecule has 2 N–H and O–H groups in total. The number of nitrogens with two attached hydrogens (primary N) is 1. The summed E-state index contributed by atoms with van der Waals surface area (Å²) in [4.78, 5) is 0. The molecule has 0 unspecified atom stereocenters. The van der Waals surface area contributed by atoms with Crippen LogP contribution in [0.1, 0.15) is 19.7 Å². The van der Waals surface area contributed by atoms with Crippen LogP contribution in [-0.2, 0) is 5.54 Å². The maximum Gasteiger partial charge on any atom is 0.156 e. The summed E-state index contributed by atoms with van der Waals surface area (Å²) in [6.45, 7) is 3.83. The molecule has 0 radical (unpaired) electrons. The van der Waals surface area contributed by atoms with E-state index in [0.717, 1.165) is 11.5 Å². The smallest absolute Gasteiger partial charge is 0.156 e. The highest BCUT2D eigenvalue weighted by molar-refractivity contribution is 5.33. The van der Waals surface area contributed by atoms with Crippen LogP contribution in [0.15, 0.2) is 36.7 Å². The number of rotatable bonds is 2. The summed E-state index contributed by atoms with van der Waals surface area (Å²) in [6.07, 6.45) is 1.68. The predicted molar refractivity (Wildman–Crippen MR) is 58.6 cm³/mol. The van der Waals surface area contributed by atoms with E-state index in [0.29, 0.717) is 0 Å². The van der Waals surface area contributed by atoms with Gasteiger partial charge in [0.25, 0.3) is 0 Å². The number of aromatic nitrogens is 3. The minimum absolute atomic E-state index is 0.494. The van der Waals surface area contributed by atoms with Crippen LogP contribution in [0.4, 0.5) is 0 Å². The third-order valence-corrected chi connectivity index (χ3v) is 2.16. The Morgan fingerprint density at radius 2 is 1.87 bits per heavy atom. The molecule has 1 aromatic carbocycles. The molecular weight excluding hydrogens is 188 g/mol. The summed E-state index contributed by atoms with van der Waals surface area (Å²) in [5, 5.41) is 7.95. The molecule has 0 fully saturated rings. The monoisotopic (exact) mass is 202 g/mol. The van der Waals surface area contributed by atoms with Crippen LogP contribution in [-0.4, -0.2) is 14.8 Å². The van der Waals surface area contributed by atoms with Gasteiger partial charge in [0.15, 0.2) is 5.82 Å². The lowest BCUT2D eigenvalue weighted by Gasteiger charge is -2.18. The summed E-state index contributed by atoms with van der Waals surface area (Å²) in [5.41, 5.74) is 6.55. The third kappa shape index (κ3) is 1.89. The zero-order valence-electron chi connectivity index (χ0n) is 8.88. The van der Waals surface area contributed by atoms with Crippen LogP contribution >= 0.6 is 0 Å². The average molecular weight is 202 g/mol. The van der Waals surface area contributed by atoms with E-state index >= 15 is 0 Å². The van der Waals surface area contributed by atoms with Gasteiger partial charge in [-0.05, 0) is 26.0 Å². The molecule has 2 rings (SSSR count). The van der Waals surface area contributed by atoms with E-state index in [1.54, 1.807) is 6.33 Å². The lowest BCUT2D eigenvalue weighted by Crippen LogP contribution is -2.32. The second-order valence-electron chi connectivity index (χ2n) is 4.08. The Bertz CT molecular complexity index is 439. The molecule has 4 nitrogen and oxygen atoms in total. The first kappa shape index (κ1) is 9.86. The molecule has 0 aliphatic heterocycles. The van der Waals surface area contributed by atoms with Gasteiger partial charge >= 0.3 is 0 Å². The second-order valence-corrected chi connectivity index (χ2v) is 4.08. The molecule has 0 amide bonds. The van der Waals surface area contributed by atoms with Gasteiger partial charge in [-0.25, -0.2) is 0 Å². The summed E-state index contributed by atoms with van der Waals surface area (Å²) >= 11 is 0. The molecule has 0 saturated carbocycles. The van der Waals surface area contributed by atoms with Crippen LogP contribution in [0, 0.1) is 0 Å². The van der Waals surface area contributed by atoms with E-state index in [4.69, 9.17) is 5.73 Å². The fourth-order valence-electron chi connectivity index (χ4n) is 1.45. The van der Waals surface area contributed by atoms with Crippen LogP contribution in [0.25, 0.3) is 5.69 Å². The van der Waals surface area contributed by atoms with Gasteiger partial charge in [-0.2, -0.15) is 0 Å². The van der Waals surface area contributed by atoms with E-state index in [2.05, 4.69) is 10.2 Å². The van der Waals surface area contributed by atoms with Crippen molar-refractivity contribution >= 4 is 0 Å². The number of hydrogen-bond acceptors (Lipinski definition) is 3. The van der Waals surface area contributed by atoms with Gasteiger partial charge in [-0.3, -0.25) is 4.57 Å². The van der Waals surface area contributed by atoms with Crippen molar-refractivity contribution in [2.75, 3.05) is 0 Å². The number of para-hydroxylation sites is 1. The van der Waals surface area contributed by atoms with Crippen LogP contribution in [0.2, 0.25) is 0 Å². The maximum absolute atomic E-state index is 6.02. The maximum atomic E-state index is 6.02. The quantitative estimate of drug-likeness (QED) is 0.802. The van der Waals surface area contributed by atoms with Crippen molar-refractivity contribution in [1.29, 1.82) is 0 Å². The second kappa shape index (κ2) is 3.47. The molecule has 1 heterocycles. The lowest BCUT2D eigenvalue weighted by atomic mass is 10.1. The highest BCUT2D eigenvalue weighted by Gasteiger charge is 2.21. The van der Waals surface area contributed by atoms with Crippen molar-refractivity contribution in [3.05, 3.63) is 42.5 Å². The Kier molecular flexibility index (Phi) is 2.28. The van der Waals surface area contributed by atoms with Crippen molar-refractivity contribution in [2.24, 2.45) is 5.73 Å². The van der Waals surface area contributed by atoms with Gasteiger partial charge in [0, 0.05) is 5.69 Å². The van der Waals surface area contributed by atoms with Crippen molar-refractivity contribution < 1.29 is 0 Å². The van der Waals surface area contributed by atoms with Gasteiger partial charge in [-0.15, -0.1) is 10.2 Å². The van der Waals surface area contributed by atoms with Crippen LogP contribution in [0.3, 0.4) is 0 Å². The minimum atomic E-state index is -0.494. The molecule has 4 heteroatoms. The Labute approximate surface area is 88.8 Å². The highest BCUT2D eigenvalue weighted by Crippen LogP contribution is 2.17. The first-order valence-corrected chi connectivity index (χ1v) is 4.84. The molecule has 0 aliphatic rings. The SMILES string of the molecule is CC(C)(N)c1nncn1-c1ccccc1. The zero-order valence-corrected chi connectivity index (χ0v) is 8.88. The zero-order chi connectivity index (χ0) is 10.9. The summed E-state index contributed by atoms with van der Waals surface area (Å²) in [7, 11) is 0. The van der Waals surface area contributed by atoms with Gasteiger partial charge in [0.1, 0.15) is 6.33 Å². The molecule has 0 saturated heterocycles. The molecule has 0 spiro atoms. The van der Waals surface area contributed by atoms with E-state index in [1.807, 2.05) is 48.7 Å². The molecule has 0 aliphatic carbocycles. The lowest BCUT2D eigenvalue weighted by molar-refractivity contribution is 0.503. The van der Waals surface area contributed by atoms with Gasteiger partial charge in [0.05, 0.1) is 5.54 Å². The number of benzene rings is 1. The minimum Gasteiger partial charge on any atom is -0.319 e. The highest BCUT2D eigenvalue weighted by atomic mass is 15.3. The van der Waals surface area contributed by atoms with E-state index in [9.17, 15) is 0 Å². The van der Waals surface area contributed by atoms with Gasteiger partial charge < -0.3 is 5.73 Å². The Morgan fingerprint density at radius 3 is 2.47 bits per heavy atom. The number of nitrogens with zero attached hydrogens (tertiary/aromatic N) is 3. The van der Waals surface area contributed by atoms with E-state index in [-0.39, 0.29) is 0 Å². The largest absolute Gasteiger partial charge is 0.319 e. The fourth-order valence-corrected chi connectivity index (χ4v) is 1.45. The van der Waals surface area contributed by atoms with Crippen molar-refractivity contribution in [1.82, 2.24) is 14.8 Å². The standard InChI is InChI=1S/C11H14N4/c1-11(2,12)10-14-13-8-15(10)9-6-4-3-5-7-9/h3-8H,12H2,1-2H3. The Morgan fingerprint density at radius 1 is 1.20 bits per heavy atom. The summed E-state index contributed by atoms with van der Waals surface area (Å²) < 4.78 is 1.90. The predicted octanol–water partition coefficient (Wildman–Crippen LogP) is 1.46. The normalized spacial score (nSPS) is 11.7. The Hall–Kier alpha value is -1.68. The molecule has 78 valence electrons. The summed E-state index contributed by atoms with van der Waals surface area (Å²) in [6, 6.07) is 9.92. The molecule has 0 bridgehead atoms. The first-order chi connectivity index (χ1) is 7.09. The topological polar surface area (TPSA) is 56.7 Å². The van der Waals surface area contributed by atoms with Crippen molar-refractivity contribution in [3.8, 4) is 5.69 Å².